The molecule has 0 aliphatic heterocycles. The third kappa shape index (κ3) is 6.05. The minimum absolute atomic E-state index is 0.0525. The molecular weight excluding hydrogens is 571 g/mol. The Hall–Kier alpha value is -2.49. The number of halogens is 8. The van der Waals surface area contributed by atoms with E-state index in [1.165, 1.54) is 18.7 Å². The zero-order valence-corrected chi connectivity index (χ0v) is 21.9. The molecule has 0 aliphatic rings. The van der Waals surface area contributed by atoms with Crippen molar-refractivity contribution in [1.29, 1.82) is 0 Å². The summed E-state index contributed by atoms with van der Waals surface area (Å²) < 4.78 is 94.9. The Morgan fingerprint density at radius 1 is 1.05 bits per heavy atom. The predicted molar refractivity (Wildman–Crippen MR) is 124 cm³/mol. The van der Waals surface area contributed by atoms with Crippen LogP contribution in [0.4, 0.5) is 30.7 Å². The van der Waals surface area contributed by atoms with Crippen LogP contribution in [0.2, 0.25) is 5.02 Å². The monoisotopic (exact) mass is 593 g/mol. The average molecular weight is 594 g/mol. The summed E-state index contributed by atoms with van der Waals surface area (Å²) in [6, 6.07) is 0.616. The minimum atomic E-state index is -6.36. The highest BCUT2D eigenvalue weighted by Crippen LogP contribution is 2.52. The van der Waals surface area contributed by atoms with Gasteiger partial charge in [0.1, 0.15) is 11.5 Å². The molecule has 0 radical (unpaired) electrons. The Labute approximate surface area is 221 Å². The van der Waals surface area contributed by atoms with Crippen molar-refractivity contribution in [2.24, 2.45) is 0 Å². The summed E-state index contributed by atoms with van der Waals surface area (Å²) in [5, 5.41) is 20.1. The minimum Gasteiger partial charge on any atom is -0.389 e. The van der Waals surface area contributed by atoms with E-state index in [0.29, 0.717) is 17.4 Å². The number of aliphatic hydroxyl groups is 2. The van der Waals surface area contributed by atoms with Gasteiger partial charge < -0.3 is 20.4 Å². The van der Waals surface area contributed by atoms with E-state index in [4.69, 9.17) is 11.6 Å². The van der Waals surface area contributed by atoms with E-state index < -0.39 is 63.0 Å². The molecule has 1 aromatic carbocycles. The number of nitrogens with zero attached hydrogens (tertiary/aromatic N) is 2. The highest BCUT2D eigenvalue weighted by molar-refractivity contribution is 7.17. The quantitative estimate of drug-likeness (QED) is 0.378. The Morgan fingerprint density at radius 2 is 1.58 bits per heavy atom. The molecule has 0 unspecified atom stereocenters. The Bertz CT molecular complexity index is 1190. The number of amides is 2. The van der Waals surface area contributed by atoms with E-state index in [2.05, 4.69) is 10.3 Å². The fraction of sp³-hybridized carbons (Fsp3) is 0.500. The molecule has 1 heterocycles. The maximum Gasteiger partial charge on any atom is 0.430 e. The third-order valence-electron chi connectivity index (χ3n) is 5.29. The Kier molecular flexibility index (Phi) is 9.14. The van der Waals surface area contributed by atoms with E-state index in [-0.39, 0.29) is 35.6 Å². The van der Waals surface area contributed by atoms with Crippen LogP contribution in [0.1, 0.15) is 53.5 Å². The van der Waals surface area contributed by atoms with Gasteiger partial charge in [0.05, 0.1) is 15.5 Å². The van der Waals surface area contributed by atoms with Gasteiger partial charge in [-0.2, -0.15) is 26.3 Å². The second-order valence-electron chi connectivity index (χ2n) is 8.66. The fourth-order valence-corrected chi connectivity index (χ4v) is 4.57. The topological polar surface area (TPSA) is 103 Å². The normalized spacial score (nSPS) is 13.0. The number of hydrogen-bond acceptors (Lipinski definition) is 6. The van der Waals surface area contributed by atoms with E-state index in [1.807, 2.05) is 0 Å². The largest absolute Gasteiger partial charge is 0.430 e. The molecule has 0 bridgehead atoms. The zero-order valence-electron chi connectivity index (χ0n) is 20.3. The molecule has 0 saturated heterocycles. The van der Waals surface area contributed by atoms with Gasteiger partial charge in [-0.15, -0.1) is 11.3 Å². The van der Waals surface area contributed by atoms with Crippen molar-refractivity contribution in [2.75, 3.05) is 19.6 Å². The van der Waals surface area contributed by atoms with Gasteiger partial charge >= 0.3 is 12.4 Å². The summed E-state index contributed by atoms with van der Waals surface area (Å²) in [4.78, 5) is 30.6. The summed E-state index contributed by atoms with van der Waals surface area (Å²) >= 11 is 6.35. The molecular formula is C22H23ClF7N3O4S. The standard InChI is InChI=1S/C22H23ClF7N3O4S/c1-5-33(6-2)18(35)14-15(38-17(32-14)16(34)31-9-19(3,4)36)10-7-8-11(13(24)12(10)23)20(37,21(25,26)27)22(28,29)30/h7-8,36-37H,5-6,9H2,1-4H3,(H,31,34). The maximum absolute atomic E-state index is 15.0. The summed E-state index contributed by atoms with van der Waals surface area (Å²) in [5.41, 5.74) is -10.1. The first-order valence-electron chi connectivity index (χ1n) is 10.9. The number of carbonyl (C=O) groups excluding carboxylic acids is 2. The Morgan fingerprint density at radius 3 is 2.03 bits per heavy atom. The number of nitrogens with one attached hydrogen (secondary N) is 1. The van der Waals surface area contributed by atoms with Crippen molar-refractivity contribution in [3.63, 3.8) is 0 Å². The summed E-state index contributed by atoms with van der Waals surface area (Å²) in [7, 11) is 0. The number of carbonyl (C=O) groups is 2. The Balaban J connectivity index is 2.76. The second kappa shape index (κ2) is 10.9. The smallest absolute Gasteiger partial charge is 0.389 e. The molecule has 38 heavy (non-hydrogen) atoms. The van der Waals surface area contributed by atoms with Crippen molar-refractivity contribution in [1.82, 2.24) is 15.2 Å². The van der Waals surface area contributed by atoms with Crippen LogP contribution in [0.15, 0.2) is 12.1 Å². The lowest BCUT2D eigenvalue weighted by Crippen LogP contribution is -2.54. The predicted octanol–water partition coefficient (Wildman–Crippen LogP) is 4.90. The summed E-state index contributed by atoms with van der Waals surface area (Å²) in [5.74, 6) is -3.87. The van der Waals surface area contributed by atoms with Gasteiger partial charge in [-0.3, -0.25) is 9.59 Å². The molecule has 0 atom stereocenters. The molecule has 7 nitrogen and oxygen atoms in total. The van der Waals surface area contributed by atoms with E-state index >= 15 is 4.39 Å². The lowest BCUT2D eigenvalue weighted by molar-refractivity contribution is -0.377. The van der Waals surface area contributed by atoms with Crippen LogP contribution in [-0.4, -0.2) is 69.5 Å². The van der Waals surface area contributed by atoms with E-state index in [1.54, 1.807) is 13.8 Å². The first kappa shape index (κ1) is 31.7. The zero-order chi connectivity index (χ0) is 29.4. The third-order valence-corrected chi connectivity index (χ3v) is 6.75. The van der Waals surface area contributed by atoms with Crippen molar-refractivity contribution in [3.05, 3.63) is 39.2 Å². The molecule has 2 amide bonds. The molecule has 2 aromatic rings. The SMILES string of the molecule is CCN(CC)C(=O)c1nc(C(=O)NCC(C)(C)O)sc1-c1ccc(C(O)(C(F)(F)F)C(F)(F)F)c(F)c1Cl. The molecule has 0 fully saturated rings. The molecule has 0 aliphatic carbocycles. The molecule has 16 heteroatoms. The number of alkyl halides is 6. The second-order valence-corrected chi connectivity index (χ2v) is 10.0. The molecule has 2 rings (SSSR count). The molecule has 0 saturated carbocycles. The van der Waals surface area contributed by atoms with Crippen LogP contribution in [-0.2, 0) is 5.60 Å². The highest BCUT2D eigenvalue weighted by atomic mass is 35.5. The van der Waals surface area contributed by atoms with Crippen molar-refractivity contribution < 1.29 is 50.5 Å². The molecule has 3 N–H and O–H groups in total. The van der Waals surface area contributed by atoms with Crippen LogP contribution in [0.5, 0.6) is 0 Å². The van der Waals surface area contributed by atoms with Gasteiger partial charge in [0, 0.05) is 30.8 Å². The van der Waals surface area contributed by atoms with Crippen LogP contribution in [0, 0.1) is 5.82 Å². The van der Waals surface area contributed by atoms with Crippen molar-refractivity contribution >= 4 is 34.8 Å². The number of aromatic nitrogens is 1. The van der Waals surface area contributed by atoms with Crippen LogP contribution < -0.4 is 5.32 Å². The maximum atomic E-state index is 15.0. The fourth-order valence-electron chi connectivity index (χ4n) is 3.25. The molecule has 0 spiro atoms. The van der Waals surface area contributed by atoms with E-state index in [0.717, 1.165) is 0 Å². The van der Waals surface area contributed by atoms with Crippen LogP contribution in [0.3, 0.4) is 0 Å². The summed E-state index contributed by atoms with van der Waals surface area (Å²) in [6.07, 6.45) is -12.7. The van der Waals surface area contributed by atoms with Gasteiger partial charge in [0.25, 0.3) is 17.4 Å². The molecule has 212 valence electrons. The molecule has 1 aromatic heterocycles. The average Bonchev–Trinajstić information content (AvgIpc) is 3.22. The van der Waals surface area contributed by atoms with Gasteiger partial charge in [-0.05, 0) is 27.7 Å². The van der Waals surface area contributed by atoms with Gasteiger partial charge in [0.15, 0.2) is 5.01 Å². The number of hydrogen-bond donors (Lipinski definition) is 3. The van der Waals surface area contributed by atoms with Crippen molar-refractivity contribution in [2.45, 2.75) is 51.2 Å². The highest BCUT2D eigenvalue weighted by Gasteiger charge is 2.72. The first-order valence-corrected chi connectivity index (χ1v) is 12.1. The van der Waals surface area contributed by atoms with Crippen LogP contribution >= 0.6 is 22.9 Å². The first-order chi connectivity index (χ1) is 17.2. The van der Waals surface area contributed by atoms with Gasteiger partial charge in [-0.25, -0.2) is 9.37 Å². The number of thiazole rings is 1. The van der Waals surface area contributed by atoms with Crippen LogP contribution in [0.25, 0.3) is 10.4 Å². The number of benzene rings is 1. The summed E-state index contributed by atoms with van der Waals surface area (Å²) in [6.45, 7) is 6.10. The lowest BCUT2D eigenvalue weighted by atomic mass is 9.90. The van der Waals surface area contributed by atoms with Crippen molar-refractivity contribution in [3.8, 4) is 10.4 Å². The van der Waals surface area contributed by atoms with E-state index in [9.17, 15) is 46.1 Å². The van der Waals surface area contributed by atoms with Gasteiger partial charge in [-0.1, -0.05) is 23.7 Å². The number of rotatable bonds is 8. The van der Waals surface area contributed by atoms with Gasteiger partial charge in [0.2, 0.25) is 0 Å². The lowest BCUT2D eigenvalue weighted by Gasteiger charge is -2.33.